The van der Waals surface area contributed by atoms with E-state index in [0.29, 0.717) is 0 Å². The van der Waals surface area contributed by atoms with E-state index in [4.69, 9.17) is 0 Å². The van der Waals surface area contributed by atoms with E-state index in [1.165, 1.54) is 38.8 Å². The Labute approximate surface area is 184 Å². The molecule has 1 fully saturated rings. The number of piperazine rings is 1. The summed E-state index contributed by atoms with van der Waals surface area (Å²) in [4.78, 5) is 10.4. The average Bonchev–Trinajstić information content (AvgIpc) is 2.80. The number of fused-ring (bicyclic) bond motifs is 2. The first-order valence-corrected chi connectivity index (χ1v) is 11.8. The van der Waals surface area contributed by atoms with Gasteiger partial charge in [0.2, 0.25) is 0 Å². The standard InChI is InChI=1S/C26H29N3S/c1-21-12-13-26-24(20-21)29(23-10-5-6-11-25(23)30-26)15-7-14-27-16-18-28(19-17-27)22-8-3-2-4-9-22/h2-6,8-13,20H,7,14-19H2,1H3. The molecule has 0 radical (unpaired) electrons. The number of hydrogen-bond acceptors (Lipinski definition) is 4. The van der Waals surface area contributed by atoms with Crippen molar-refractivity contribution < 1.29 is 0 Å². The first-order chi connectivity index (χ1) is 14.8. The maximum atomic E-state index is 2.63. The van der Waals surface area contributed by atoms with E-state index in [2.05, 4.69) is 94.4 Å². The number of hydrogen-bond donors (Lipinski definition) is 0. The van der Waals surface area contributed by atoms with Crippen molar-refractivity contribution in [1.82, 2.24) is 4.90 Å². The second-order valence-corrected chi connectivity index (χ2v) is 9.29. The SMILES string of the molecule is Cc1ccc2c(c1)N(CCCN1CCN(c3ccccc3)CC1)c1ccccc1S2. The predicted molar refractivity (Wildman–Crippen MR) is 128 cm³/mol. The van der Waals surface area contributed by atoms with Gasteiger partial charge in [0.1, 0.15) is 0 Å². The molecule has 0 unspecified atom stereocenters. The van der Waals surface area contributed by atoms with Gasteiger partial charge in [0.15, 0.2) is 0 Å². The van der Waals surface area contributed by atoms with E-state index in [9.17, 15) is 0 Å². The highest BCUT2D eigenvalue weighted by atomic mass is 32.2. The van der Waals surface area contributed by atoms with Gasteiger partial charge >= 0.3 is 0 Å². The monoisotopic (exact) mass is 415 g/mol. The Bertz CT molecular complexity index is 996. The van der Waals surface area contributed by atoms with E-state index in [1.807, 2.05) is 11.8 Å². The third-order valence-electron chi connectivity index (χ3n) is 6.13. The van der Waals surface area contributed by atoms with E-state index in [0.717, 1.165) is 39.3 Å². The second-order valence-electron chi connectivity index (χ2n) is 8.21. The molecular weight excluding hydrogens is 386 g/mol. The summed E-state index contributed by atoms with van der Waals surface area (Å²) in [7, 11) is 0. The minimum Gasteiger partial charge on any atom is -0.369 e. The summed E-state index contributed by atoms with van der Waals surface area (Å²) in [6.45, 7) is 8.96. The Morgan fingerprint density at radius 3 is 2.30 bits per heavy atom. The largest absolute Gasteiger partial charge is 0.369 e. The maximum Gasteiger partial charge on any atom is 0.0555 e. The van der Waals surface area contributed by atoms with Gasteiger partial charge in [-0.05, 0) is 61.9 Å². The summed E-state index contributed by atoms with van der Waals surface area (Å²) in [5, 5.41) is 0. The smallest absolute Gasteiger partial charge is 0.0555 e. The minimum atomic E-state index is 1.06. The van der Waals surface area contributed by atoms with Crippen LogP contribution < -0.4 is 9.80 Å². The van der Waals surface area contributed by atoms with Gasteiger partial charge in [-0.1, -0.05) is 48.2 Å². The van der Waals surface area contributed by atoms with Crippen LogP contribution >= 0.6 is 11.8 Å². The summed E-state index contributed by atoms with van der Waals surface area (Å²) in [6, 6.07) is 26.5. The van der Waals surface area contributed by atoms with Crippen LogP contribution in [0.1, 0.15) is 12.0 Å². The minimum absolute atomic E-state index is 1.06. The molecule has 0 N–H and O–H groups in total. The van der Waals surface area contributed by atoms with Crippen molar-refractivity contribution in [3.05, 3.63) is 78.4 Å². The number of nitrogens with zero attached hydrogens (tertiary/aromatic N) is 3. The molecule has 0 aliphatic carbocycles. The summed E-state index contributed by atoms with van der Waals surface area (Å²) in [5.74, 6) is 0. The maximum absolute atomic E-state index is 2.63. The van der Waals surface area contributed by atoms with Crippen LogP contribution in [-0.4, -0.2) is 44.2 Å². The topological polar surface area (TPSA) is 9.72 Å². The fourth-order valence-electron chi connectivity index (χ4n) is 4.50. The Balaban J connectivity index is 1.22. The summed E-state index contributed by atoms with van der Waals surface area (Å²) in [5.41, 5.74) is 5.41. The molecule has 154 valence electrons. The molecule has 0 amide bonds. The van der Waals surface area contributed by atoms with Crippen LogP contribution in [0.3, 0.4) is 0 Å². The molecule has 0 atom stereocenters. The van der Waals surface area contributed by atoms with Crippen molar-refractivity contribution in [2.45, 2.75) is 23.1 Å². The summed E-state index contributed by atoms with van der Waals surface area (Å²) >= 11 is 1.90. The first kappa shape index (κ1) is 19.5. The van der Waals surface area contributed by atoms with Crippen LogP contribution in [0.25, 0.3) is 0 Å². The molecule has 2 heterocycles. The Morgan fingerprint density at radius 2 is 1.47 bits per heavy atom. The van der Waals surface area contributed by atoms with Crippen molar-refractivity contribution in [2.24, 2.45) is 0 Å². The highest BCUT2D eigenvalue weighted by molar-refractivity contribution is 7.99. The number of aryl methyl sites for hydroxylation is 1. The molecular formula is C26H29N3S. The van der Waals surface area contributed by atoms with Crippen LogP contribution in [0.2, 0.25) is 0 Å². The lowest BCUT2D eigenvalue weighted by Crippen LogP contribution is -2.47. The molecule has 0 saturated carbocycles. The van der Waals surface area contributed by atoms with Gasteiger partial charge in [0, 0.05) is 48.2 Å². The lowest BCUT2D eigenvalue weighted by atomic mass is 10.1. The van der Waals surface area contributed by atoms with Crippen LogP contribution in [0.5, 0.6) is 0 Å². The quantitative estimate of drug-likeness (QED) is 0.520. The lowest BCUT2D eigenvalue weighted by molar-refractivity contribution is 0.256. The molecule has 3 aromatic rings. The Kier molecular flexibility index (Phi) is 5.69. The van der Waals surface area contributed by atoms with Gasteiger partial charge in [-0.25, -0.2) is 0 Å². The van der Waals surface area contributed by atoms with Gasteiger partial charge in [0.25, 0.3) is 0 Å². The second kappa shape index (κ2) is 8.75. The van der Waals surface area contributed by atoms with E-state index < -0.39 is 0 Å². The van der Waals surface area contributed by atoms with E-state index in [-0.39, 0.29) is 0 Å². The van der Waals surface area contributed by atoms with Gasteiger partial charge in [-0.2, -0.15) is 0 Å². The number of rotatable bonds is 5. The highest BCUT2D eigenvalue weighted by Crippen LogP contribution is 2.48. The molecule has 30 heavy (non-hydrogen) atoms. The van der Waals surface area contributed by atoms with E-state index in [1.54, 1.807) is 0 Å². The molecule has 3 nitrogen and oxygen atoms in total. The van der Waals surface area contributed by atoms with Crippen molar-refractivity contribution >= 4 is 28.8 Å². The predicted octanol–water partition coefficient (Wildman–Crippen LogP) is 5.81. The van der Waals surface area contributed by atoms with Crippen LogP contribution in [0, 0.1) is 6.92 Å². The fraction of sp³-hybridized carbons (Fsp3) is 0.308. The summed E-state index contributed by atoms with van der Waals surface area (Å²) in [6.07, 6.45) is 1.18. The van der Waals surface area contributed by atoms with Crippen molar-refractivity contribution in [2.75, 3.05) is 49.1 Å². The molecule has 2 aliphatic heterocycles. The number of para-hydroxylation sites is 2. The van der Waals surface area contributed by atoms with Gasteiger partial charge in [-0.15, -0.1) is 0 Å². The third-order valence-corrected chi connectivity index (χ3v) is 7.26. The molecule has 5 rings (SSSR count). The number of benzene rings is 3. The zero-order valence-corrected chi connectivity index (χ0v) is 18.4. The fourth-order valence-corrected chi connectivity index (χ4v) is 5.58. The normalized spacial score (nSPS) is 16.3. The number of anilines is 3. The summed E-state index contributed by atoms with van der Waals surface area (Å²) < 4.78 is 0. The van der Waals surface area contributed by atoms with Crippen LogP contribution in [0.4, 0.5) is 17.1 Å². The molecule has 0 aromatic heterocycles. The van der Waals surface area contributed by atoms with Crippen molar-refractivity contribution in [3.8, 4) is 0 Å². The highest BCUT2D eigenvalue weighted by Gasteiger charge is 2.23. The Hall–Kier alpha value is -2.43. The average molecular weight is 416 g/mol. The van der Waals surface area contributed by atoms with Crippen LogP contribution in [-0.2, 0) is 0 Å². The molecule has 3 aromatic carbocycles. The first-order valence-electron chi connectivity index (χ1n) is 11.0. The van der Waals surface area contributed by atoms with Gasteiger partial charge in [0.05, 0.1) is 11.4 Å². The Morgan fingerprint density at radius 1 is 0.733 bits per heavy atom. The third kappa shape index (κ3) is 4.07. The molecule has 2 aliphatic rings. The van der Waals surface area contributed by atoms with Crippen molar-refractivity contribution in [1.29, 1.82) is 0 Å². The lowest BCUT2D eigenvalue weighted by Gasteiger charge is -2.37. The molecule has 0 spiro atoms. The van der Waals surface area contributed by atoms with E-state index >= 15 is 0 Å². The van der Waals surface area contributed by atoms with Gasteiger partial charge < -0.3 is 9.80 Å². The zero-order chi connectivity index (χ0) is 20.3. The van der Waals surface area contributed by atoms with Crippen molar-refractivity contribution in [3.63, 3.8) is 0 Å². The zero-order valence-electron chi connectivity index (χ0n) is 17.6. The van der Waals surface area contributed by atoms with Gasteiger partial charge in [-0.3, -0.25) is 4.90 Å². The molecule has 1 saturated heterocycles. The molecule has 0 bridgehead atoms. The van der Waals surface area contributed by atoms with Crippen LogP contribution in [0.15, 0.2) is 82.6 Å². The molecule has 4 heteroatoms.